The molecule has 1 aliphatic rings. The van der Waals surface area contributed by atoms with E-state index in [0.29, 0.717) is 10.9 Å². The van der Waals surface area contributed by atoms with Crippen LogP contribution in [0.2, 0.25) is 5.02 Å². The van der Waals surface area contributed by atoms with E-state index in [9.17, 15) is 8.42 Å². The van der Waals surface area contributed by atoms with Crippen LogP contribution in [0.1, 0.15) is 32.1 Å². The second kappa shape index (κ2) is 6.00. The first-order valence-corrected chi connectivity index (χ1v) is 8.73. The van der Waals surface area contributed by atoms with Gasteiger partial charge in [0.15, 0.2) is 0 Å². The van der Waals surface area contributed by atoms with Crippen LogP contribution in [0.5, 0.6) is 0 Å². The lowest BCUT2D eigenvalue weighted by Crippen LogP contribution is -2.51. The lowest BCUT2D eigenvalue weighted by atomic mass is 9.84. The molecule has 106 valence electrons. The molecule has 1 aliphatic carbocycles. The number of hydrogen-bond acceptors (Lipinski definition) is 2. The van der Waals surface area contributed by atoms with E-state index in [4.69, 9.17) is 23.2 Å². The molecular weight excluding hydrogens is 305 g/mol. The highest BCUT2D eigenvalue weighted by molar-refractivity contribution is 7.89. The molecule has 0 aliphatic heterocycles. The van der Waals surface area contributed by atoms with Crippen LogP contribution in [0.15, 0.2) is 29.2 Å². The molecule has 1 N–H and O–H groups in total. The minimum atomic E-state index is -3.54. The van der Waals surface area contributed by atoms with Crippen molar-refractivity contribution < 1.29 is 8.42 Å². The highest BCUT2D eigenvalue weighted by Crippen LogP contribution is 2.31. The van der Waals surface area contributed by atoms with Gasteiger partial charge in [-0.15, -0.1) is 11.6 Å². The van der Waals surface area contributed by atoms with E-state index in [2.05, 4.69) is 4.72 Å². The van der Waals surface area contributed by atoms with Crippen molar-refractivity contribution in [3.8, 4) is 0 Å². The van der Waals surface area contributed by atoms with Crippen LogP contribution < -0.4 is 4.72 Å². The monoisotopic (exact) mass is 321 g/mol. The van der Waals surface area contributed by atoms with Crippen LogP contribution in [0, 0.1) is 0 Å². The van der Waals surface area contributed by atoms with Gasteiger partial charge in [-0.3, -0.25) is 0 Å². The zero-order chi connectivity index (χ0) is 13.9. The second-order valence-corrected chi connectivity index (χ2v) is 7.42. The van der Waals surface area contributed by atoms with Crippen molar-refractivity contribution in [2.24, 2.45) is 0 Å². The Hall–Kier alpha value is -0.290. The van der Waals surface area contributed by atoms with Crippen LogP contribution in [-0.4, -0.2) is 19.8 Å². The fourth-order valence-electron chi connectivity index (χ4n) is 2.45. The molecular formula is C13H17Cl2NO2S. The predicted octanol–water partition coefficient (Wildman–Crippen LogP) is 3.56. The molecule has 0 heterocycles. The number of hydrogen-bond donors (Lipinski definition) is 1. The Kier molecular flexibility index (Phi) is 4.77. The molecule has 2 rings (SSSR count). The van der Waals surface area contributed by atoms with Gasteiger partial charge in [-0.1, -0.05) is 30.9 Å². The Morgan fingerprint density at radius 2 is 1.68 bits per heavy atom. The lowest BCUT2D eigenvalue weighted by Gasteiger charge is -2.36. The van der Waals surface area contributed by atoms with Crippen molar-refractivity contribution in [2.75, 3.05) is 5.88 Å². The molecule has 0 aromatic heterocycles. The average molecular weight is 322 g/mol. The van der Waals surface area contributed by atoms with Gasteiger partial charge in [0, 0.05) is 16.4 Å². The minimum absolute atomic E-state index is 0.229. The Labute approximate surface area is 124 Å². The maximum Gasteiger partial charge on any atom is 0.241 e. The number of sulfonamides is 1. The van der Waals surface area contributed by atoms with E-state index in [1.807, 2.05) is 0 Å². The third kappa shape index (κ3) is 3.63. The van der Waals surface area contributed by atoms with Gasteiger partial charge in [0.1, 0.15) is 0 Å². The lowest BCUT2D eigenvalue weighted by molar-refractivity contribution is 0.298. The first-order valence-electron chi connectivity index (χ1n) is 6.33. The molecule has 6 heteroatoms. The van der Waals surface area contributed by atoms with Crippen molar-refractivity contribution in [1.82, 2.24) is 4.72 Å². The summed E-state index contributed by atoms with van der Waals surface area (Å²) in [7, 11) is -3.54. The number of nitrogens with one attached hydrogen (secondary N) is 1. The summed E-state index contributed by atoms with van der Waals surface area (Å²) in [6, 6.07) is 6.17. The number of rotatable bonds is 4. The average Bonchev–Trinajstić information content (AvgIpc) is 2.40. The van der Waals surface area contributed by atoms with E-state index in [1.54, 1.807) is 12.1 Å². The summed E-state index contributed by atoms with van der Waals surface area (Å²) in [6.45, 7) is 0. The Morgan fingerprint density at radius 1 is 1.11 bits per heavy atom. The van der Waals surface area contributed by atoms with Crippen molar-refractivity contribution >= 4 is 33.2 Å². The third-order valence-electron chi connectivity index (χ3n) is 3.54. The minimum Gasteiger partial charge on any atom is -0.207 e. The highest BCUT2D eigenvalue weighted by atomic mass is 35.5. The summed E-state index contributed by atoms with van der Waals surface area (Å²) in [6.07, 6.45) is 4.75. The van der Waals surface area contributed by atoms with Gasteiger partial charge >= 0.3 is 0 Å². The summed E-state index contributed by atoms with van der Waals surface area (Å²) in [5, 5.41) is 0.517. The summed E-state index contributed by atoms with van der Waals surface area (Å²) in [4.78, 5) is 0.229. The normalized spacial score (nSPS) is 19.3. The summed E-state index contributed by atoms with van der Waals surface area (Å²) in [5.41, 5.74) is -0.502. The summed E-state index contributed by atoms with van der Waals surface area (Å²) < 4.78 is 27.5. The Bertz CT molecular complexity index is 522. The van der Waals surface area contributed by atoms with E-state index in [-0.39, 0.29) is 4.90 Å². The zero-order valence-corrected chi connectivity index (χ0v) is 12.9. The van der Waals surface area contributed by atoms with Crippen LogP contribution in [0.3, 0.4) is 0 Å². The topological polar surface area (TPSA) is 46.2 Å². The molecule has 1 aromatic carbocycles. The number of alkyl halides is 1. The van der Waals surface area contributed by atoms with E-state index < -0.39 is 15.6 Å². The molecule has 0 bridgehead atoms. The van der Waals surface area contributed by atoms with E-state index in [1.165, 1.54) is 12.1 Å². The molecule has 1 fully saturated rings. The van der Waals surface area contributed by atoms with Crippen LogP contribution in [0.4, 0.5) is 0 Å². The molecule has 0 atom stereocenters. The first kappa shape index (κ1) is 15.1. The molecule has 0 saturated heterocycles. The number of benzene rings is 1. The molecule has 1 saturated carbocycles. The van der Waals surface area contributed by atoms with Gasteiger partial charge in [0.05, 0.1) is 4.90 Å². The molecule has 1 aromatic rings. The maximum atomic E-state index is 12.4. The van der Waals surface area contributed by atoms with Crippen LogP contribution in [-0.2, 0) is 10.0 Å². The molecule has 19 heavy (non-hydrogen) atoms. The van der Waals surface area contributed by atoms with Crippen molar-refractivity contribution in [1.29, 1.82) is 0 Å². The van der Waals surface area contributed by atoms with Crippen molar-refractivity contribution in [2.45, 2.75) is 42.5 Å². The van der Waals surface area contributed by atoms with E-state index >= 15 is 0 Å². The standard InChI is InChI=1S/C13H17Cl2NO2S/c14-10-13(8-2-1-3-9-13)16-19(17,18)12-6-4-11(15)5-7-12/h4-7,16H,1-3,8-10H2. The Balaban J connectivity index is 2.22. The summed E-state index contributed by atoms with van der Waals surface area (Å²) >= 11 is 11.8. The van der Waals surface area contributed by atoms with Gasteiger partial charge in [-0.2, -0.15) is 0 Å². The molecule has 0 unspecified atom stereocenters. The Morgan fingerprint density at radius 3 is 2.21 bits per heavy atom. The first-order chi connectivity index (χ1) is 8.97. The molecule has 0 amide bonds. The fourth-order valence-corrected chi connectivity index (χ4v) is 4.45. The molecule has 3 nitrogen and oxygen atoms in total. The SMILES string of the molecule is O=S(=O)(NC1(CCl)CCCCC1)c1ccc(Cl)cc1. The van der Waals surface area contributed by atoms with Gasteiger partial charge < -0.3 is 0 Å². The third-order valence-corrected chi connectivity index (χ3v) is 5.90. The van der Waals surface area contributed by atoms with Crippen molar-refractivity contribution in [3.63, 3.8) is 0 Å². The fraction of sp³-hybridized carbons (Fsp3) is 0.538. The maximum absolute atomic E-state index is 12.4. The second-order valence-electron chi connectivity index (χ2n) is 5.03. The highest BCUT2D eigenvalue weighted by Gasteiger charge is 2.35. The quantitative estimate of drug-likeness (QED) is 0.862. The summed E-state index contributed by atoms with van der Waals surface area (Å²) in [5.74, 6) is 0.305. The van der Waals surface area contributed by atoms with Gasteiger partial charge in [0.2, 0.25) is 10.0 Å². The molecule has 0 radical (unpaired) electrons. The smallest absolute Gasteiger partial charge is 0.207 e. The predicted molar refractivity (Wildman–Crippen MR) is 78.3 cm³/mol. The zero-order valence-electron chi connectivity index (χ0n) is 10.5. The van der Waals surface area contributed by atoms with Crippen LogP contribution in [0.25, 0.3) is 0 Å². The molecule has 0 spiro atoms. The van der Waals surface area contributed by atoms with E-state index in [0.717, 1.165) is 32.1 Å². The van der Waals surface area contributed by atoms with Gasteiger partial charge in [-0.05, 0) is 37.1 Å². The van der Waals surface area contributed by atoms with Gasteiger partial charge in [0.25, 0.3) is 0 Å². The van der Waals surface area contributed by atoms with Crippen molar-refractivity contribution in [3.05, 3.63) is 29.3 Å². The van der Waals surface area contributed by atoms with Gasteiger partial charge in [-0.25, -0.2) is 13.1 Å². The van der Waals surface area contributed by atoms with Crippen LogP contribution >= 0.6 is 23.2 Å². The number of halogens is 2. The largest absolute Gasteiger partial charge is 0.241 e.